The molecule has 0 saturated carbocycles. The third kappa shape index (κ3) is 3.48. The topological polar surface area (TPSA) is 75.4 Å². The highest BCUT2D eigenvalue weighted by atomic mass is 16.2. The molecule has 0 aromatic heterocycles. The molecule has 3 N–H and O–H groups in total. The maximum absolute atomic E-state index is 11.8. The number of amides is 3. The lowest BCUT2D eigenvalue weighted by molar-refractivity contribution is -0.129. The molecule has 1 aliphatic rings. The second-order valence-electron chi connectivity index (χ2n) is 4.18. The number of hydrogen-bond donors (Lipinski definition) is 2. The number of likely N-dealkylation sites (tertiary alicyclic amines) is 1. The molecule has 5 nitrogen and oxygen atoms in total. The summed E-state index contributed by atoms with van der Waals surface area (Å²) in [5.74, 6) is -0.244. The molecule has 16 heavy (non-hydrogen) atoms. The number of imide groups is 1. The maximum Gasteiger partial charge on any atom is 0.324 e. The Labute approximate surface area is 96.4 Å². The van der Waals surface area contributed by atoms with Crippen molar-refractivity contribution in [3.63, 3.8) is 0 Å². The van der Waals surface area contributed by atoms with Crippen LogP contribution >= 0.6 is 0 Å². The van der Waals surface area contributed by atoms with Crippen LogP contribution in [0.3, 0.4) is 0 Å². The van der Waals surface area contributed by atoms with E-state index in [0.29, 0.717) is 19.5 Å². The summed E-state index contributed by atoms with van der Waals surface area (Å²) in [7, 11) is 0. The highest BCUT2D eigenvalue weighted by molar-refractivity contribution is 5.97. The summed E-state index contributed by atoms with van der Waals surface area (Å²) >= 11 is 0. The Hall–Kier alpha value is -1.10. The Balaban J connectivity index is 2.48. The van der Waals surface area contributed by atoms with Crippen LogP contribution < -0.4 is 11.1 Å². The van der Waals surface area contributed by atoms with Crippen molar-refractivity contribution < 1.29 is 9.59 Å². The molecule has 0 radical (unpaired) electrons. The summed E-state index contributed by atoms with van der Waals surface area (Å²) in [5.41, 5.74) is 5.69. The second-order valence-corrected chi connectivity index (χ2v) is 4.18. The lowest BCUT2D eigenvalue weighted by Crippen LogP contribution is -2.49. The first-order valence-corrected chi connectivity index (χ1v) is 6.01. The maximum atomic E-state index is 11.8. The zero-order chi connectivity index (χ0) is 12.0. The Morgan fingerprint density at radius 3 is 3.00 bits per heavy atom. The van der Waals surface area contributed by atoms with E-state index in [9.17, 15) is 9.59 Å². The lowest BCUT2D eigenvalue weighted by Gasteiger charge is -2.21. The van der Waals surface area contributed by atoms with Crippen molar-refractivity contribution in [2.24, 2.45) is 5.73 Å². The lowest BCUT2D eigenvalue weighted by atomic mass is 10.1. The Morgan fingerprint density at radius 2 is 2.31 bits per heavy atom. The number of carbonyl (C=O) groups is 2. The van der Waals surface area contributed by atoms with Gasteiger partial charge in [-0.1, -0.05) is 13.3 Å². The molecule has 0 unspecified atom stereocenters. The highest BCUT2D eigenvalue weighted by Gasteiger charge is 2.28. The number of nitrogens with one attached hydrogen (secondary N) is 1. The molecular formula is C11H21N3O2. The van der Waals surface area contributed by atoms with Gasteiger partial charge in [0.25, 0.3) is 0 Å². The van der Waals surface area contributed by atoms with Gasteiger partial charge in [0.2, 0.25) is 5.91 Å². The minimum Gasteiger partial charge on any atom is -0.338 e. The van der Waals surface area contributed by atoms with E-state index >= 15 is 0 Å². The number of unbranched alkanes of at least 4 members (excludes halogenated alkanes) is 1. The number of urea groups is 1. The third-order valence-electron chi connectivity index (χ3n) is 2.78. The van der Waals surface area contributed by atoms with E-state index in [1.807, 2.05) is 0 Å². The minimum absolute atomic E-state index is 0.244. The largest absolute Gasteiger partial charge is 0.338 e. The van der Waals surface area contributed by atoms with Crippen LogP contribution in [0, 0.1) is 0 Å². The number of hydrogen-bond acceptors (Lipinski definition) is 3. The van der Waals surface area contributed by atoms with Gasteiger partial charge in [-0.05, 0) is 25.7 Å². The second kappa shape index (κ2) is 6.48. The fraction of sp³-hybridized carbons (Fsp3) is 0.818. The van der Waals surface area contributed by atoms with Crippen molar-refractivity contribution in [3.8, 4) is 0 Å². The van der Waals surface area contributed by atoms with Crippen LogP contribution in [0.4, 0.5) is 4.79 Å². The van der Waals surface area contributed by atoms with Crippen molar-refractivity contribution in [1.29, 1.82) is 0 Å². The molecule has 92 valence electrons. The Kier molecular flexibility index (Phi) is 5.25. The summed E-state index contributed by atoms with van der Waals surface area (Å²) in [4.78, 5) is 24.7. The van der Waals surface area contributed by atoms with E-state index in [0.717, 1.165) is 25.7 Å². The van der Waals surface area contributed by atoms with Crippen LogP contribution in [-0.2, 0) is 4.79 Å². The predicted octanol–water partition coefficient (Wildman–Crippen LogP) is 0.836. The van der Waals surface area contributed by atoms with Gasteiger partial charge in [-0.15, -0.1) is 0 Å². The monoisotopic (exact) mass is 227 g/mol. The third-order valence-corrected chi connectivity index (χ3v) is 2.78. The molecule has 3 amide bonds. The molecule has 1 aliphatic heterocycles. The molecule has 0 aromatic rings. The van der Waals surface area contributed by atoms with Crippen LogP contribution in [0.2, 0.25) is 0 Å². The van der Waals surface area contributed by atoms with Gasteiger partial charge in [-0.2, -0.15) is 0 Å². The standard InChI is InChI=1S/C11H21N3O2/c1-2-3-7-13-11(16)14-8-5-4-6-9(12)10(14)15/h9H,2-8,12H2,1H3,(H,13,16)/t9-/m1/s1. The molecule has 1 saturated heterocycles. The van der Waals surface area contributed by atoms with E-state index < -0.39 is 6.04 Å². The summed E-state index contributed by atoms with van der Waals surface area (Å²) in [6, 6.07) is -0.810. The molecule has 0 aliphatic carbocycles. The SMILES string of the molecule is CCCCNC(=O)N1CCCC[C@@H](N)C1=O. The van der Waals surface area contributed by atoms with Crippen molar-refractivity contribution in [2.45, 2.75) is 45.1 Å². The van der Waals surface area contributed by atoms with Crippen LogP contribution in [0.1, 0.15) is 39.0 Å². The van der Waals surface area contributed by atoms with Crippen molar-refractivity contribution in [2.75, 3.05) is 13.1 Å². The molecule has 1 rings (SSSR count). The van der Waals surface area contributed by atoms with Gasteiger partial charge in [0.1, 0.15) is 0 Å². The zero-order valence-corrected chi connectivity index (χ0v) is 9.87. The molecule has 0 spiro atoms. The molecule has 1 fully saturated rings. The summed E-state index contributed by atoms with van der Waals surface area (Å²) in [5, 5.41) is 2.74. The number of nitrogens with zero attached hydrogens (tertiary/aromatic N) is 1. The van der Waals surface area contributed by atoms with Gasteiger partial charge in [0.05, 0.1) is 6.04 Å². The van der Waals surface area contributed by atoms with Crippen molar-refractivity contribution in [3.05, 3.63) is 0 Å². The van der Waals surface area contributed by atoms with Crippen LogP contribution in [0.5, 0.6) is 0 Å². The molecular weight excluding hydrogens is 206 g/mol. The van der Waals surface area contributed by atoms with Crippen molar-refractivity contribution >= 4 is 11.9 Å². The van der Waals surface area contributed by atoms with E-state index in [1.54, 1.807) is 0 Å². The average Bonchev–Trinajstić information content (AvgIpc) is 2.43. The normalized spacial score (nSPS) is 21.8. The van der Waals surface area contributed by atoms with Crippen LogP contribution in [0.15, 0.2) is 0 Å². The predicted molar refractivity (Wildman–Crippen MR) is 61.8 cm³/mol. The molecule has 0 bridgehead atoms. The van der Waals surface area contributed by atoms with E-state index in [-0.39, 0.29) is 11.9 Å². The number of nitrogens with two attached hydrogens (primary N) is 1. The summed E-state index contributed by atoms with van der Waals surface area (Å²) in [6.45, 7) is 3.16. The first kappa shape index (κ1) is 13.0. The fourth-order valence-corrected chi connectivity index (χ4v) is 1.74. The van der Waals surface area contributed by atoms with Crippen LogP contribution in [-0.4, -0.2) is 36.0 Å². The van der Waals surface area contributed by atoms with Crippen LogP contribution in [0.25, 0.3) is 0 Å². The molecule has 0 aromatic carbocycles. The van der Waals surface area contributed by atoms with Gasteiger partial charge in [-0.25, -0.2) is 4.79 Å². The Morgan fingerprint density at radius 1 is 1.56 bits per heavy atom. The first-order valence-electron chi connectivity index (χ1n) is 6.01. The van der Waals surface area contributed by atoms with Gasteiger partial charge in [-0.3, -0.25) is 9.69 Å². The summed E-state index contributed by atoms with van der Waals surface area (Å²) < 4.78 is 0. The Bertz CT molecular complexity index is 256. The van der Waals surface area contributed by atoms with E-state index in [4.69, 9.17) is 5.73 Å². The first-order chi connectivity index (χ1) is 7.66. The van der Waals surface area contributed by atoms with Gasteiger partial charge < -0.3 is 11.1 Å². The summed E-state index contributed by atoms with van der Waals surface area (Å²) in [6.07, 6.45) is 4.39. The van der Waals surface area contributed by atoms with Gasteiger partial charge in [0.15, 0.2) is 0 Å². The quantitative estimate of drug-likeness (QED) is 0.701. The van der Waals surface area contributed by atoms with E-state index in [2.05, 4.69) is 12.2 Å². The smallest absolute Gasteiger partial charge is 0.324 e. The molecule has 1 atom stereocenters. The minimum atomic E-state index is -0.514. The number of carbonyl (C=O) groups excluding carboxylic acids is 2. The zero-order valence-electron chi connectivity index (χ0n) is 9.87. The highest BCUT2D eigenvalue weighted by Crippen LogP contribution is 2.10. The molecule has 1 heterocycles. The van der Waals surface area contributed by atoms with Gasteiger partial charge in [0, 0.05) is 13.1 Å². The van der Waals surface area contributed by atoms with Gasteiger partial charge >= 0.3 is 6.03 Å². The average molecular weight is 227 g/mol. The number of rotatable bonds is 3. The van der Waals surface area contributed by atoms with E-state index in [1.165, 1.54) is 4.90 Å². The van der Waals surface area contributed by atoms with Crippen molar-refractivity contribution in [1.82, 2.24) is 10.2 Å². The fourth-order valence-electron chi connectivity index (χ4n) is 1.74. The molecule has 5 heteroatoms.